The van der Waals surface area contributed by atoms with Gasteiger partial charge in [-0.25, -0.2) is 13.2 Å². The molecule has 12 rings (SSSR count). The highest BCUT2D eigenvalue weighted by molar-refractivity contribution is 6.93. The van der Waals surface area contributed by atoms with Crippen LogP contribution < -0.4 is 10.5 Å². The lowest BCUT2D eigenvalue weighted by molar-refractivity contribution is -0.117. The van der Waals surface area contributed by atoms with E-state index in [2.05, 4.69) is 126 Å². The molecule has 0 unspecified atom stereocenters. The Hall–Kier alpha value is -7.35. The number of nitrogens with zero attached hydrogens (tertiary/aromatic N) is 6. The molecule has 440 valence electrons. The van der Waals surface area contributed by atoms with Gasteiger partial charge in [0.25, 0.3) is 0 Å². The van der Waals surface area contributed by atoms with Gasteiger partial charge in [0.1, 0.15) is 29.0 Å². The molecule has 16 heteroatoms. The summed E-state index contributed by atoms with van der Waals surface area (Å²) in [5.41, 5.74) is 18.0. The van der Waals surface area contributed by atoms with Crippen molar-refractivity contribution in [3.63, 3.8) is 0 Å². The monoisotopic (exact) mass is 1190 g/mol. The summed E-state index contributed by atoms with van der Waals surface area (Å²) >= 11 is 0. The summed E-state index contributed by atoms with van der Waals surface area (Å²) in [6.45, 7) is 27.2. The minimum Gasteiger partial charge on any atom is -0.411 e. The van der Waals surface area contributed by atoms with Crippen LogP contribution in [0.15, 0.2) is 124 Å². The minimum atomic E-state index is -3.17. The number of aryl methyl sites for hydroxylation is 2. The number of ketones is 2. The predicted octanol–water partition coefficient (Wildman–Crippen LogP) is 14.5. The molecule has 6 heterocycles. The summed E-state index contributed by atoms with van der Waals surface area (Å²) in [5.74, 6) is 0.195. The highest BCUT2D eigenvalue weighted by Crippen LogP contribution is 2.39. The fraction of sp³-hybridized carbons (Fsp3) is 0.319. The molecule has 6 aromatic carbocycles. The third-order valence-electron chi connectivity index (χ3n) is 16.4. The molecule has 85 heavy (non-hydrogen) atoms. The summed E-state index contributed by atoms with van der Waals surface area (Å²) < 4.78 is 47.5. The fourth-order valence-electron chi connectivity index (χ4n) is 13.0. The van der Waals surface area contributed by atoms with Crippen LogP contribution in [-0.2, 0) is 42.1 Å². The quantitative estimate of drug-likeness (QED) is 0.0991. The number of carbonyl (C=O) groups excluding carboxylic acids is 2. The lowest BCUT2D eigenvalue weighted by Gasteiger charge is -2.25. The topological polar surface area (TPSA) is 126 Å². The van der Waals surface area contributed by atoms with Crippen LogP contribution >= 0.6 is 0 Å². The number of fused-ring (bicyclic) bond motifs is 6. The Labute approximate surface area is 499 Å². The van der Waals surface area contributed by atoms with Crippen molar-refractivity contribution in [3.05, 3.63) is 183 Å². The highest BCUT2D eigenvalue weighted by Gasteiger charge is 2.36. The van der Waals surface area contributed by atoms with Gasteiger partial charge in [-0.1, -0.05) is 60.4 Å². The third-order valence-corrected chi connectivity index (χ3v) is 22.9. The van der Waals surface area contributed by atoms with E-state index in [1.807, 2.05) is 42.9 Å². The SMILES string of the molecule is CC(=O)CCc1c([Si](C)(C)C)n(-c2ccc(F)cc2)c2cc3c(cc12)CN=C3.CC(=O)C[Si](C)(C)c1c(C(C)C)n(-c2ccc(F)cc2)c2cc3c(cc12)CN=C3.CC(C)c1c(CC[Si](C)(O)O)c2cc3c(cc2n1-c1ccc(F)cc1)C=NC3. The molecule has 10 nitrogen and oxygen atoms in total. The number of carbonyl (C=O) groups is 2. The number of hydrogen-bond acceptors (Lipinski definition) is 7. The zero-order valence-corrected chi connectivity index (χ0v) is 54.0. The Kier molecular flexibility index (Phi) is 17.0. The van der Waals surface area contributed by atoms with Crippen LogP contribution in [-0.4, -0.2) is 78.2 Å². The molecule has 3 aromatic heterocycles. The third kappa shape index (κ3) is 12.5. The van der Waals surface area contributed by atoms with E-state index < -0.39 is 24.7 Å². The zero-order chi connectivity index (χ0) is 61.0. The first-order chi connectivity index (χ1) is 40.2. The summed E-state index contributed by atoms with van der Waals surface area (Å²) in [6.07, 6.45) is 7.64. The first-order valence-corrected chi connectivity index (χ1v) is 38.8. The number of aliphatic imine (C=N–C) groups is 3. The van der Waals surface area contributed by atoms with Crippen molar-refractivity contribution in [2.75, 3.05) is 0 Å². The van der Waals surface area contributed by atoms with Crippen molar-refractivity contribution >= 4 is 98.1 Å². The summed E-state index contributed by atoms with van der Waals surface area (Å²) in [5, 5.41) is 6.20. The predicted molar refractivity (Wildman–Crippen MR) is 351 cm³/mol. The Morgan fingerprint density at radius 2 is 0.906 bits per heavy atom. The second kappa shape index (κ2) is 23.8. The van der Waals surface area contributed by atoms with Crippen LogP contribution in [0, 0.1) is 17.5 Å². The number of benzene rings is 6. The highest BCUT2D eigenvalue weighted by atomic mass is 28.4. The first kappa shape index (κ1) is 60.8. The molecular weight excluding hydrogens is 1120 g/mol. The van der Waals surface area contributed by atoms with E-state index in [0.29, 0.717) is 44.6 Å². The molecule has 2 N–H and O–H groups in total. The second-order valence-electron chi connectivity index (χ2n) is 25.7. The summed E-state index contributed by atoms with van der Waals surface area (Å²) in [7, 11) is -7.00. The van der Waals surface area contributed by atoms with Gasteiger partial charge < -0.3 is 32.9 Å². The van der Waals surface area contributed by atoms with Gasteiger partial charge in [-0.15, -0.1) is 0 Å². The van der Waals surface area contributed by atoms with Crippen LogP contribution in [0.25, 0.3) is 49.8 Å². The molecule has 0 fully saturated rings. The van der Waals surface area contributed by atoms with Gasteiger partial charge in [0.2, 0.25) is 0 Å². The molecule has 0 radical (unpaired) electrons. The maximum Gasteiger partial charge on any atom is 0.329 e. The van der Waals surface area contributed by atoms with E-state index in [1.54, 1.807) is 32.5 Å². The van der Waals surface area contributed by atoms with E-state index in [9.17, 15) is 32.4 Å². The number of hydrogen-bond donors (Lipinski definition) is 2. The Morgan fingerprint density at radius 1 is 0.518 bits per heavy atom. The van der Waals surface area contributed by atoms with Crippen molar-refractivity contribution in [3.8, 4) is 17.1 Å². The van der Waals surface area contributed by atoms with Crippen LogP contribution in [0.3, 0.4) is 0 Å². The van der Waals surface area contributed by atoms with Crippen molar-refractivity contribution in [1.29, 1.82) is 0 Å². The maximum absolute atomic E-state index is 13.6. The van der Waals surface area contributed by atoms with E-state index in [-0.39, 0.29) is 40.9 Å². The number of rotatable bonds is 15. The van der Waals surface area contributed by atoms with E-state index in [0.717, 1.165) is 73.4 Å². The lowest BCUT2D eigenvalue weighted by atomic mass is 9.99. The Balaban J connectivity index is 0.000000142. The van der Waals surface area contributed by atoms with Crippen molar-refractivity contribution in [2.45, 2.75) is 144 Å². The van der Waals surface area contributed by atoms with E-state index in [1.165, 1.54) is 85.6 Å². The largest absolute Gasteiger partial charge is 0.411 e. The van der Waals surface area contributed by atoms with E-state index >= 15 is 0 Å². The van der Waals surface area contributed by atoms with Crippen molar-refractivity contribution in [2.24, 2.45) is 15.0 Å². The van der Waals surface area contributed by atoms with Gasteiger partial charge in [-0.05, 0) is 215 Å². The number of halogens is 3. The van der Waals surface area contributed by atoms with Gasteiger partial charge in [-0.2, -0.15) is 0 Å². The van der Waals surface area contributed by atoms with Gasteiger partial charge >= 0.3 is 8.56 Å². The Bertz CT molecular complexity index is 4160. The standard InChI is InChI=1S/C24H27FN2OSi.C23H25FN2OSi.C22H25FN2O2Si/c1-15(2)23-24(29(4,5)14-16(3)28)21-10-17-12-26-13-18(17)11-22(21)27(23)20-8-6-19(25)7-9-20;1-15(27)5-10-20-21-11-16-13-25-14-17(16)12-22(21)26(23(20)28(2,3)4)19-8-6-18(24)7-9-19;1-14(2)22-19(8-9-28(3,26)27)20-10-15-12-24-13-16(15)11-21(20)25(22)18-6-4-17(23)5-7-18/h6-11,13,15H,12,14H2,1-5H3;6-9,11-12,14H,5,10,13H2,1-4H3;4-7,10-11,13-14,26-27H,8-9,12H2,1-3H3. The zero-order valence-electron chi connectivity index (χ0n) is 51.0. The second-order valence-corrected chi connectivity index (χ2v) is 38.3. The molecule has 0 saturated heterocycles. The maximum atomic E-state index is 13.6. The van der Waals surface area contributed by atoms with Crippen molar-refractivity contribution in [1.82, 2.24) is 13.7 Å². The average Bonchev–Trinajstić information content (AvgIpc) is 1.78. The average molecular weight is 1200 g/mol. The van der Waals surface area contributed by atoms with Gasteiger partial charge in [-0.3, -0.25) is 15.0 Å². The molecule has 0 amide bonds. The first-order valence-electron chi connectivity index (χ1n) is 29.5. The smallest absolute Gasteiger partial charge is 0.329 e. The Morgan fingerprint density at radius 3 is 1.31 bits per heavy atom. The molecule has 0 atom stereocenters. The number of aromatic nitrogens is 3. The lowest BCUT2D eigenvalue weighted by Crippen LogP contribution is -2.45. The molecule has 3 aliphatic heterocycles. The van der Waals surface area contributed by atoms with Gasteiger partial charge in [0.05, 0.1) is 52.3 Å². The summed E-state index contributed by atoms with van der Waals surface area (Å²) in [6, 6.07) is 34.2. The van der Waals surface area contributed by atoms with Gasteiger partial charge in [0.15, 0.2) is 0 Å². The van der Waals surface area contributed by atoms with Gasteiger partial charge in [0, 0.05) is 75.6 Å². The number of Topliss-reactive ketones (excluding diaryl/α,β-unsaturated/α-hetero) is 2. The van der Waals surface area contributed by atoms with Crippen LogP contribution in [0.4, 0.5) is 13.2 Å². The summed E-state index contributed by atoms with van der Waals surface area (Å²) in [4.78, 5) is 57.1. The van der Waals surface area contributed by atoms with E-state index in [4.69, 9.17) is 0 Å². The molecule has 0 aliphatic carbocycles. The van der Waals surface area contributed by atoms with Crippen molar-refractivity contribution < 1.29 is 32.4 Å². The minimum absolute atomic E-state index is 0.203. The van der Waals surface area contributed by atoms with Crippen LogP contribution in [0.1, 0.15) is 116 Å². The van der Waals surface area contributed by atoms with Crippen LogP contribution in [0.2, 0.25) is 51.4 Å². The molecule has 9 aromatic rings. The molecule has 0 saturated carbocycles. The molecular formula is C69H77F3N6O4Si3. The normalized spacial score (nSPS) is 13.5. The molecule has 0 spiro atoms. The van der Waals surface area contributed by atoms with Crippen LogP contribution in [0.5, 0.6) is 0 Å². The molecule has 0 bridgehead atoms. The molecule has 3 aliphatic rings. The fourth-order valence-corrected chi connectivity index (χ4v) is 19.2.